The largest absolute Gasteiger partial charge is 0.444 e. The van der Waals surface area contributed by atoms with Gasteiger partial charge in [-0.05, 0) is 169 Å². The lowest BCUT2D eigenvalue weighted by Gasteiger charge is -2.25. The van der Waals surface area contributed by atoms with Crippen molar-refractivity contribution >= 4 is 58.6 Å². The van der Waals surface area contributed by atoms with Gasteiger partial charge in [0.1, 0.15) is 11.2 Å². The van der Waals surface area contributed by atoms with Crippen LogP contribution in [0.3, 0.4) is 0 Å². The molecule has 2 amide bonds. The Morgan fingerprint density at radius 2 is 0.914 bits per heavy atom. The number of nitrogens with one attached hydrogen (secondary N) is 3. The molecule has 0 radical (unpaired) electrons. The molecule has 4 aromatic carbocycles. The number of carbonyl (C=O) groups excluding carboxylic acids is 2. The van der Waals surface area contributed by atoms with Crippen LogP contribution in [0, 0.1) is 0 Å². The fourth-order valence-electron chi connectivity index (χ4n) is 6.09. The minimum atomic E-state index is -0.496. The molecule has 0 aromatic heterocycles. The van der Waals surface area contributed by atoms with Crippen molar-refractivity contribution in [2.75, 3.05) is 67.0 Å². The first-order valence-electron chi connectivity index (χ1n) is 23.8. The van der Waals surface area contributed by atoms with E-state index in [0.717, 1.165) is 89.6 Å². The Hall–Kier alpha value is -3.66. The molecule has 0 saturated heterocycles. The molecule has 12 nitrogen and oxygen atoms in total. The maximum atomic E-state index is 11.7. The van der Waals surface area contributed by atoms with Gasteiger partial charge in [0, 0.05) is 58.4 Å². The van der Waals surface area contributed by atoms with Crippen molar-refractivity contribution in [3.8, 4) is 0 Å². The number of hydrogen-bond acceptors (Lipinski definition) is 10. The highest BCUT2D eigenvalue weighted by Gasteiger charge is 2.19. The second-order valence-corrected chi connectivity index (χ2v) is 20.7. The zero-order valence-electron chi connectivity index (χ0n) is 43.9. The molecular weight excluding hydrogens is 968 g/mol. The van der Waals surface area contributed by atoms with Gasteiger partial charge in [0.15, 0.2) is 0 Å². The van der Waals surface area contributed by atoms with E-state index in [0.29, 0.717) is 6.54 Å². The highest BCUT2D eigenvalue weighted by molar-refractivity contribution is 6.32. The lowest BCUT2D eigenvalue weighted by molar-refractivity contribution is 0.0482. The van der Waals surface area contributed by atoms with Crippen molar-refractivity contribution in [1.82, 2.24) is 25.8 Å². The van der Waals surface area contributed by atoms with Gasteiger partial charge in [-0.1, -0.05) is 119 Å². The van der Waals surface area contributed by atoms with Gasteiger partial charge < -0.3 is 51.8 Å². The molecule has 0 aliphatic heterocycles. The molecule has 0 heterocycles. The fourth-order valence-corrected chi connectivity index (χ4v) is 7.01. The molecule has 0 spiro atoms. The van der Waals surface area contributed by atoms with Crippen LogP contribution in [-0.2, 0) is 35.2 Å². The summed E-state index contributed by atoms with van der Waals surface area (Å²) in [6.07, 6.45) is 2.84. The smallest absolute Gasteiger partial charge is 0.407 e. The fraction of sp³-hybridized carbons (Fsp3) is 0.519. The molecule has 8 N–H and O–H groups in total. The van der Waals surface area contributed by atoms with Crippen LogP contribution in [0.4, 0.5) is 9.59 Å². The summed E-state index contributed by atoms with van der Waals surface area (Å²) < 4.78 is 10.2. The Balaban J connectivity index is 0.000000879. The number of halogens is 4. The molecule has 0 unspecified atom stereocenters. The number of aliphatic hydroxyl groups excluding tert-OH is 1. The Bertz CT molecular complexity index is 2020. The molecule has 4 rings (SSSR count). The van der Waals surface area contributed by atoms with Crippen LogP contribution in [0.2, 0.25) is 20.1 Å². The van der Waals surface area contributed by atoms with Gasteiger partial charge in [-0.15, -0.1) is 0 Å². The van der Waals surface area contributed by atoms with E-state index >= 15 is 0 Å². The summed E-state index contributed by atoms with van der Waals surface area (Å²) in [7, 11) is 6.06. The van der Waals surface area contributed by atoms with Crippen LogP contribution >= 0.6 is 46.4 Å². The third kappa shape index (κ3) is 35.4. The van der Waals surface area contributed by atoms with E-state index in [1.807, 2.05) is 134 Å². The van der Waals surface area contributed by atoms with Crippen molar-refractivity contribution < 1.29 is 24.2 Å². The zero-order chi connectivity index (χ0) is 53.3. The van der Waals surface area contributed by atoms with Gasteiger partial charge in [0.2, 0.25) is 0 Å². The molecule has 16 heteroatoms. The highest BCUT2D eigenvalue weighted by Crippen LogP contribution is 2.18. The van der Waals surface area contributed by atoms with Crippen LogP contribution in [0.25, 0.3) is 0 Å². The lowest BCUT2D eigenvalue weighted by Crippen LogP contribution is -2.43. The molecule has 70 heavy (non-hydrogen) atoms. The van der Waals surface area contributed by atoms with E-state index in [1.165, 1.54) is 11.1 Å². The SMILES string of the molecule is CNCCc1ccccc1Cl.C[C@@H](N)CN(C)CCc1ccccc1Cl.C[C@H](CN(C)CCc1ccccc1Cl)NC(=O)OC(C)(C)C.C[C@H](CO)NC(=O)OC(C)(C)C.NCCc1ccccc1Cl. The third-order valence-electron chi connectivity index (χ3n) is 9.40. The normalized spacial score (nSPS) is 12.2. The van der Waals surface area contributed by atoms with Gasteiger partial charge in [0.25, 0.3) is 0 Å². The van der Waals surface area contributed by atoms with E-state index in [9.17, 15) is 9.59 Å². The maximum Gasteiger partial charge on any atom is 0.407 e. The number of nitrogens with zero attached hydrogens (tertiary/aromatic N) is 2. The topological polar surface area (TPSA) is 167 Å². The van der Waals surface area contributed by atoms with E-state index in [-0.39, 0.29) is 30.8 Å². The first-order valence-corrected chi connectivity index (χ1v) is 25.3. The lowest BCUT2D eigenvalue weighted by atomic mass is 10.1. The van der Waals surface area contributed by atoms with Crippen LogP contribution < -0.4 is 27.4 Å². The minimum Gasteiger partial charge on any atom is -0.444 e. The molecule has 0 aliphatic rings. The summed E-state index contributed by atoms with van der Waals surface area (Å²) >= 11 is 24.0. The second kappa shape index (κ2) is 37.1. The monoisotopic (exact) mass is 1050 g/mol. The summed E-state index contributed by atoms with van der Waals surface area (Å²) in [5.74, 6) is 0. The van der Waals surface area contributed by atoms with Crippen LogP contribution in [0.15, 0.2) is 97.1 Å². The van der Waals surface area contributed by atoms with Crippen molar-refractivity contribution in [3.05, 3.63) is 139 Å². The summed E-state index contributed by atoms with van der Waals surface area (Å²) in [5.41, 5.74) is 14.8. The molecule has 4 aromatic rings. The van der Waals surface area contributed by atoms with Crippen LogP contribution in [0.5, 0.6) is 0 Å². The average Bonchev–Trinajstić information content (AvgIpc) is 3.25. The molecular formula is C54H85Cl4N7O5. The number of ether oxygens (including phenoxy) is 2. The van der Waals surface area contributed by atoms with E-state index in [4.69, 9.17) is 72.5 Å². The molecule has 0 saturated carbocycles. The number of carbonyl (C=O) groups is 2. The van der Waals surface area contributed by atoms with Crippen molar-refractivity contribution in [2.45, 2.75) is 117 Å². The van der Waals surface area contributed by atoms with E-state index < -0.39 is 17.3 Å². The molecule has 0 bridgehead atoms. The third-order valence-corrected chi connectivity index (χ3v) is 10.9. The van der Waals surface area contributed by atoms with Gasteiger partial charge >= 0.3 is 12.2 Å². The van der Waals surface area contributed by atoms with Crippen molar-refractivity contribution in [2.24, 2.45) is 11.5 Å². The highest BCUT2D eigenvalue weighted by atomic mass is 35.5. The first kappa shape index (κ1) is 66.3. The van der Waals surface area contributed by atoms with Gasteiger partial charge in [-0.25, -0.2) is 9.59 Å². The molecule has 0 aliphatic carbocycles. The summed E-state index contributed by atoms with van der Waals surface area (Å²) in [6, 6.07) is 31.5. The number of amides is 2. The number of hydrogen-bond donors (Lipinski definition) is 6. The number of benzene rings is 4. The second-order valence-electron chi connectivity index (χ2n) is 19.0. The quantitative estimate of drug-likeness (QED) is 0.0565. The zero-order valence-corrected chi connectivity index (χ0v) is 46.9. The minimum absolute atomic E-state index is 0.0195. The van der Waals surface area contributed by atoms with Crippen LogP contribution in [-0.4, -0.2) is 123 Å². The number of likely N-dealkylation sites (N-methyl/N-ethyl adjacent to an activating group) is 3. The van der Waals surface area contributed by atoms with Crippen molar-refractivity contribution in [1.29, 1.82) is 0 Å². The first-order chi connectivity index (χ1) is 32.8. The van der Waals surface area contributed by atoms with E-state index in [1.54, 1.807) is 27.7 Å². The van der Waals surface area contributed by atoms with E-state index in [2.05, 4.69) is 44.9 Å². The Kier molecular flexibility index (Phi) is 35.2. The maximum absolute atomic E-state index is 11.7. The Labute approximate surface area is 441 Å². The number of nitrogens with two attached hydrogens (primary N) is 2. The summed E-state index contributed by atoms with van der Waals surface area (Å²) in [6.45, 7) is 21.7. The molecule has 0 fully saturated rings. The Morgan fingerprint density at radius 1 is 0.586 bits per heavy atom. The number of aliphatic hydroxyl groups is 1. The number of alkyl carbamates (subject to hydrolysis) is 2. The summed E-state index contributed by atoms with van der Waals surface area (Å²) in [5, 5.41) is 20.4. The summed E-state index contributed by atoms with van der Waals surface area (Å²) in [4.78, 5) is 27.1. The predicted molar refractivity (Wildman–Crippen MR) is 297 cm³/mol. The molecule has 394 valence electrons. The predicted octanol–water partition coefficient (Wildman–Crippen LogP) is 10.7. The van der Waals surface area contributed by atoms with Gasteiger partial charge in [-0.2, -0.15) is 0 Å². The molecule has 3 atom stereocenters. The van der Waals surface area contributed by atoms with Gasteiger partial charge in [0.05, 0.1) is 12.6 Å². The van der Waals surface area contributed by atoms with Gasteiger partial charge in [-0.3, -0.25) is 0 Å². The Morgan fingerprint density at radius 3 is 1.23 bits per heavy atom. The van der Waals surface area contributed by atoms with Crippen LogP contribution in [0.1, 0.15) is 84.6 Å². The average molecular weight is 1050 g/mol. The standard InChI is InChI=1S/C17H27ClN2O2.C12H19ClN2.C9H12ClN.C8H10ClN.C8H17NO3/c1-13(19-16(21)22-17(2,3)4)12-20(5)11-10-14-8-6-7-9-15(14)18;1-10(14)9-15(2)8-7-11-5-3-4-6-12(11)13;1-11-7-6-8-4-2-3-5-9(8)10;9-8-4-2-1-3-7(8)5-6-10;1-6(5-10)9-7(11)12-8(2,3)4/h6-9,13H,10-12H2,1-5H3,(H,19,21);3-6,10H,7-9,14H2,1-2H3;2-5,11H,6-7H2,1H3;1-4H,5-6,10H2;6,10H,5H2,1-4H3,(H,9,11)/t13-;10-;;;6-/m11..1/s1. The number of rotatable bonds is 18. The van der Waals surface area contributed by atoms with Crippen molar-refractivity contribution in [3.63, 3.8) is 0 Å².